The van der Waals surface area contributed by atoms with E-state index in [9.17, 15) is 9.59 Å². The van der Waals surface area contributed by atoms with Crippen molar-refractivity contribution in [3.05, 3.63) is 0 Å². The van der Waals surface area contributed by atoms with Crippen molar-refractivity contribution in [1.29, 1.82) is 0 Å². The predicted octanol–water partition coefficient (Wildman–Crippen LogP) is 1.15. The molecule has 0 bridgehead atoms. The summed E-state index contributed by atoms with van der Waals surface area (Å²) < 4.78 is 10.6. The summed E-state index contributed by atoms with van der Waals surface area (Å²) in [4.78, 5) is 25.4. The summed E-state index contributed by atoms with van der Waals surface area (Å²) in [6, 6.07) is 0.355. The Labute approximate surface area is 114 Å². The van der Waals surface area contributed by atoms with Gasteiger partial charge in [0.2, 0.25) is 0 Å². The van der Waals surface area contributed by atoms with Gasteiger partial charge in [0.05, 0.1) is 25.9 Å². The molecule has 0 aromatic heterocycles. The van der Waals surface area contributed by atoms with Gasteiger partial charge >= 0.3 is 5.97 Å². The Morgan fingerprint density at radius 2 is 2.11 bits per heavy atom. The smallest absolute Gasteiger partial charge is 0.313 e. The minimum atomic E-state index is -0.416. The molecule has 2 rings (SSSR count). The third kappa shape index (κ3) is 4.01. The van der Waals surface area contributed by atoms with Crippen LogP contribution < -0.4 is 0 Å². The lowest BCUT2D eigenvalue weighted by atomic mass is 9.90. The van der Waals surface area contributed by atoms with E-state index in [1.165, 1.54) is 12.8 Å². The number of rotatable bonds is 5. The van der Waals surface area contributed by atoms with Crippen molar-refractivity contribution in [3.63, 3.8) is 0 Å². The van der Waals surface area contributed by atoms with E-state index in [1.807, 2.05) is 0 Å². The Balaban J connectivity index is 1.83. The molecule has 1 aliphatic carbocycles. The fourth-order valence-electron chi connectivity index (χ4n) is 3.03. The molecule has 108 valence electrons. The van der Waals surface area contributed by atoms with Crippen LogP contribution >= 0.6 is 0 Å². The van der Waals surface area contributed by atoms with Gasteiger partial charge < -0.3 is 9.47 Å². The first-order chi connectivity index (χ1) is 9.20. The summed E-state index contributed by atoms with van der Waals surface area (Å²) in [5.74, 6) is -0.467. The molecule has 1 aliphatic heterocycles. The molecule has 0 amide bonds. The van der Waals surface area contributed by atoms with Crippen molar-refractivity contribution in [2.45, 2.75) is 51.2 Å². The molecule has 1 saturated carbocycles. The molecular weight excluding hydrogens is 246 g/mol. The fourth-order valence-corrected chi connectivity index (χ4v) is 3.03. The first-order valence-electron chi connectivity index (χ1n) is 7.23. The molecule has 2 atom stereocenters. The second-order valence-corrected chi connectivity index (χ2v) is 5.25. The maximum atomic E-state index is 11.9. The maximum absolute atomic E-state index is 11.9. The molecule has 2 fully saturated rings. The van der Waals surface area contributed by atoms with Gasteiger partial charge in [-0.25, -0.2) is 0 Å². The normalized spacial score (nSPS) is 27.6. The summed E-state index contributed by atoms with van der Waals surface area (Å²) in [7, 11) is 0. The summed E-state index contributed by atoms with van der Waals surface area (Å²) in [6.45, 7) is 3.90. The Hall–Kier alpha value is -0.940. The molecule has 1 heterocycles. The quantitative estimate of drug-likeness (QED) is 0.553. The molecule has 0 aromatic rings. The monoisotopic (exact) mass is 269 g/mol. The van der Waals surface area contributed by atoms with Crippen molar-refractivity contribution >= 4 is 11.8 Å². The molecule has 2 unspecified atom stereocenters. The van der Waals surface area contributed by atoms with Crippen LogP contribution in [-0.2, 0) is 19.1 Å². The average molecular weight is 269 g/mol. The lowest BCUT2D eigenvalue weighted by molar-refractivity contribution is -0.146. The number of nitrogens with zero attached hydrogens (tertiary/aromatic N) is 1. The van der Waals surface area contributed by atoms with Gasteiger partial charge in [-0.3, -0.25) is 14.5 Å². The van der Waals surface area contributed by atoms with Crippen LogP contribution in [-0.4, -0.2) is 55.1 Å². The van der Waals surface area contributed by atoms with Gasteiger partial charge in [0.25, 0.3) is 0 Å². The van der Waals surface area contributed by atoms with E-state index in [4.69, 9.17) is 9.47 Å². The average Bonchev–Trinajstić information content (AvgIpc) is 2.39. The van der Waals surface area contributed by atoms with Crippen molar-refractivity contribution in [1.82, 2.24) is 4.90 Å². The van der Waals surface area contributed by atoms with Gasteiger partial charge in [-0.05, 0) is 19.8 Å². The number of ketones is 1. The maximum Gasteiger partial charge on any atom is 0.313 e. The van der Waals surface area contributed by atoms with E-state index in [0.29, 0.717) is 25.8 Å². The third-order valence-electron chi connectivity index (χ3n) is 3.87. The van der Waals surface area contributed by atoms with Gasteiger partial charge in [0, 0.05) is 12.6 Å². The van der Waals surface area contributed by atoms with Crippen LogP contribution in [0.3, 0.4) is 0 Å². The number of carbonyl (C=O) groups excluding carboxylic acids is 2. The second-order valence-electron chi connectivity index (χ2n) is 5.25. The van der Waals surface area contributed by atoms with Gasteiger partial charge in [0.15, 0.2) is 5.78 Å². The zero-order valence-electron chi connectivity index (χ0n) is 11.6. The standard InChI is InChI=1S/C14H23NO4/c1-2-18-14(17)9-11(16)10-15-7-8-19-13-6-4-3-5-12(13)15/h12-13H,2-10H2,1H3. The summed E-state index contributed by atoms with van der Waals surface area (Å²) in [5, 5.41) is 0. The Morgan fingerprint density at radius 3 is 2.89 bits per heavy atom. The number of hydrogen-bond donors (Lipinski definition) is 0. The molecule has 19 heavy (non-hydrogen) atoms. The number of carbonyl (C=O) groups is 2. The lowest BCUT2D eigenvalue weighted by Crippen LogP contribution is -2.54. The minimum absolute atomic E-state index is 0.0512. The van der Waals surface area contributed by atoms with Crippen LogP contribution in [0.5, 0.6) is 0 Å². The first kappa shape index (κ1) is 14.5. The number of fused-ring (bicyclic) bond motifs is 1. The molecule has 0 aromatic carbocycles. The van der Waals surface area contributed by atoms with Gasteiger partial charge in [-0.15, -0.1) is 0 Å². The molecule has 0 radical (unpaired) electrons. The van der Waals surface area contributed by atoms with Gasteiger partial charge in [0.1, 0.15) is 6.42 Å². The first-order valence-corrected chi connectivity index (χ1v) is 7.23. The van der Waals surface area contributed by atoms with E-state index in [0.717, 1.165) is 19.4 Å². The van der Waals surface area contributed by atoms with Crippen LogP contribution in [0.2, 0.25) is 0 Å². The van der Waals surface area contributed by atoms with E-state index in [2.05, 4.69) is 4.90 Å². The Bertz CT molecular complexity index is 329. The summed E-state index contributed by atoms with van der Waals surface area (Å²) >= 11 is 0. The highest BCUT2D eigenvalue weighted by Gasteiger charge is 2.34. The molecule has 0 N–H and O–H groups in total. The van der Waals surface area contributed by atoms with E-state index in [1.54, 1.807) is 6.92 Å². The van der Waals surface area contributed by atoms with Crippen LogP contribution in [0.4, 0.5) is 0 Å². The molecule has 0 spiro atoms. The van der Waals surface area contributed by atoms with E-state index in [-0.39, 0.29) is 18.3 Å². The molecule has 2 aliphatic rings. The molecular formula is C14H23NO4. The number of ether oxygens (including phenoxy) is 2. The SMILES string of the molecule is CCOC(=O)CC(=O)CN1CCOC2CCCCC21. The zero-order chi connectivity index (χ0) is 13.7. The fraction of sp³-hybridized carbons (Fsp3) is 0.857. The molecule has 1 saturated heterocycles. The van der Waals surface area contributed by atoms with Gasteiger partial charge in [-0.1, -0.05) is 12.8 Å². The van der Waals surface area contributed by atoms with Crippen molar-refractivity contribution < 1.29 is 19.1 Å². The largest absolute Gasteiger partial charge is 0.466 e. The number of esters is 1. The van der Waals surface area contributed by atoms with E-state index < -0.39 is 5.97 Å². The number of Topliss-reactive ketones (excluding diaryl/α,β-unsaturated/α-hetero) is 1. The summed E-state index contributed by atoms with van der Waals surface area (Å²) in [6.07, 6.45) is 4.77. The van der Waals surface area contributed by atoms with Crippen LogP contribution in [0.15, 0.2) is 0 Å². The highest BCUT2D eigenvalue weighted by molar-refractivity contribution is 5.96. The topological polar surface area (TPSA) is 55.8 Å². The Morgan fingerprint density at radius 1 is 1.32 bits per heavy atom. The van der Waals surface area contributed by atoms with Crippen molar-refractivity contribution in [2.24, 2.45) is 0 Å². The molecule has 5 heteroatoms. The predicted molar refractivity (Wildman–Crippen MR) is 69.8 cm³/mol. The van der Waals surface area contributed by atoms with Crippen molar-refractivity contribution in [2.75, 3.05) is 26.3 Å². The second kappa shape index (κ2) is 7.01. The van der Waals surface area contributed by atoms with Crippen LogP contribution in [0.25, 0.3) is 0 Å². The minimum Gasteiger partial charge on any atom is -0.466 e. The highest BCUT2D eigenvalue weighted by atomic mass is 16.5. The van der Waals surface area contributed by atoms with Gasteiger partial charge in [-0.2, -0.15) is 0 Å². The number of hydrogen-bond acceptors (Lipinski definition) is 5. The lowest BCUT2D eigenvalue weighted by Gasteiger charge is -2.43. The zero-order valence-corrected chi connectivity index (χ0v) is 11.6. The van der Waals surface area contributed by atoms with Crippen LogP contribution in [0, 0.1) is 0 Å². The molecule has 5 nitrogen and oxygen atoms in total. The highest BCUT2D eigenvalue weighted by Crippen LogP contribution is 2.28. The summed E-state index contributed by atoms with van der Waals surface area (Å²) in [5.41, 5.74) is 0. The van der Waals surface area contributed by atoms with E-state index >= 15 is 0 Å². The van der Waals surface area contributed by atoms with Crippen LogP contribution in [0.1, 0.15) is 39.0 Å². The third-order valence-corrected chi connectivity index (χ3v) is 3.87. The van der Waals surface area contributed by atoms with Crippen molar-refractivity contribution in [3.8, 4) is 0 Å². The number of morpholine rings is 1. The Kier molecular flexibility index (Phi) is 5.34.